The van der Waals surface area contributed by atoms with Crippen molar-refractivity contribution in [3.8, 4) is 0 Å². The normalized spacial score (nSPS) is 14.7. The minimum atomic E-state index is 0.676. The van der Waals surface area contributed by atoms with Crippen LogP contribution in [0, 0.1) is 0 Å². The lowest BCUT2D eigenvalue weighted by Gasteiger charge is -2.23. The molecule has 1 atom stereocenters. The average Bonchev–Trinajstić information content (AvgIpc) is 1.87. The molecule has 1 unspecified atom stereocenters. The molecule has 0 aromatic carbocycles. The van der Waals surface area contributed by atoms with Crippen molar-refractivity contribution in [2.24, 2.45) is 0 Å². The minimum absolute atomic E-state index is 0.676. The second kappa shape index (κ2) is 5.03. The van der Waals surface area contributed by atoms with Crippen LogP contribution in [-0.2, 0) is 0 Å². The first-order chi connectivity index (χ1) is 4.57. The summed E-state index contributed by atoms with van der Waals surface area (Å²) in [6.07, 6.45) is 2.17. The maximum Gasteiger partial charge on any atom is 0.0143 e. The third kappa shape index (κ3) is 4.18. The van der Waals surface area contributed by atoms with Crippen molar-refractivity contribution in [2.75, 3.05) is 19.8 Å². The molecule has 0 saturated carbocycles. The van der Waals surface area contributed by atoms with E-state index >= 15 is 0 Å². The van der Waals surface area contributed by atoms with E-state index in [1.807, 2.05) is 11.8 Å². The summed E-state index contributed by atoms with van der Waals surface area (Å²) in [6, 6.07) is 0.676. The van der Waals surface area contributed by atoms with Crippen LogP contribution in [0.1, 0.15) is 20.8 Å². The second-order valence-corrected chi connectivity index (χ2v) is 4.36. The first kappa shape index (κ1) is 10.3. The fourth-order valence-corrected chi connectivity index (χ4v) is 1.08. The van der Waals surface area contributed by atoms with Crippen LogP contribution in [-0.4, -0.2) is 36.0 Å². The Labute approximate surface area is 69.2 Å². The summed E-state index contributed by atoms with van der Waals surface area (Å²) in [5.41, 5.74) is 0. The van der Waals surface area contributed by atoms with Crippen molar-refractivity contribution < 1.29 is 0 Å². The second-order valence-electron chi connectivity index (χ2n) is 3.08. The molecule has 0 aromatic rings. The van der Waals surface area contributed by atoms with Crippen LogP contribution in [0.3, 0.4) is 0 Å². The first-order valence-corrected chi connectivity index (χ1v) is 5.09. The van der Waals surface area contributed by atoms with Gasteiger partial charge >= 0.3 is 0 Å². The average molecular weight is 161 g/mol. The van der Waals surface area contributed by atoms with Gasteiger partial charge in [0.1, 0.15) is 0 Å². The summed E-state index contributed by atoms with van der Waals surface area (Å²) < 4.78 is 0. The molecule has 0 spiro atoms. The van der Waals surface area contributed by atoms with E-state index in [0.717, 1.165) is 5.25 Å². The molecule has 2 heteroatoms. The summed E-state index contributed by atoms with van der Waals surface area (Å²) >= 11 is 1.93. The van der Waals surface area contributed by atoms with Crippen LogP contribution in [0.5, 0.6) is 0 Å². The summed E-state index contributed by atoms with van der Waals surface area (Å²) in [5, 5.41) is 0.757. The quantitative estimate of drug-likeness (QED) is 0.621. The molecule has 0 saturated heterocycles. The summed E-state index contributed by atoms with van der Waals surface area (Å²) in [6.45, 7) is 7.92. The van der Waals surface area contributed by atoms with E-state index in [1.54, 1.807) is 0 Å². The highest BCUT2D eigenvalue weighted by Crippen LogP contribution is 2.07. The highest BCUT2D eigenvalue weighted by atomic mass is 32.2. The van der Waals surface area contributed by atoms with Crippen LogP contribution >= 0.6 is 11.8 Å². The maximum atomic E-state index is 2.38. The van der Waals surface area contributed by atoms with E-state index < -0.39 is 0 Å². The molecule has 0 N–H and O–H groups in total. The molecule has 0 aliphatic heterocycles. The monoisotopic (exact) mass is 161 g/mol. The van der Waals surface area contributed by atoms with E-state index in [9.17, 15) is 0 Å². The van der Waals surface area contributed by atoms with Gasteiger partial charge in [-0.1, -0.05) is 6.92 Å². The topological polar surface area (TPSA) is 3.24 Å². The molecule has 62 valence electrons. The molecule has 1 nitrogen and oxygen atoms in total. The summed E-state index contributed by atoms with van der Waals surface area (Å²) in [4.78, 5) is 2.38. The van der Waals surface area contributed by atoms with E-state index in [2.05, 4.69) is 39.0 Å². The Bertz CT molecular complexity index is 83.3. The van der Waals surface area contributed by atoms with Gasteiger partial charge in [0.25, 0.3) is 0 Å². The minimum Gasteiger partial charge on any atom is -0.303 e. The first-order valence-electron chi connectivity index (χ1n) is 3.81. The molecule has 0 aromatic heterocycles. The van der Waals surface area contributed by atoms with Crippen molar-refractivity contribution in [1.29, 1.82) is 0 Å². The molecule has 0 aliphatic rings. The zero-order chi connectivity index (χ0) is 8.15. The molecule has 0 rings (SSSR count). The van der Waals surface area contributed by atoms with Gasteiger partial charge in [0.05, 0.1) is 0 Å². The van der Waals surface area contributed by atoms with Gasteiger partial charge in [-0.2, -0.15) is 11.8 Å². The zero-order valence-corrected chi connectivity index (χ0v) is 8.53. The Morgan fingerprint density at radius 3 is 2.10 bits per heavy atom. The number of thioether (sulfide) groups is 1. The highest BCUT2D eigenvalue weighted by Gasteiger charge is 2.06. The van der Waals surface area contributed by atoms with Gasteiger partial charge in [0.2, 0.25) is 0 Å². The summed E-state index contributed by atoms with van der Waals surface area (Å²) in [5.74, 6) is 0. The standard InChI is InChI=1S/C8H19NS/c1-7(2)9(4)6-8(3)10-5/h7-8H,6H2,1-5H3. The van der Waals surface area contributed by atoms with Gasteiger partial charge in [-0.25, -0.2) is 0 Å². The Morgan fingerprint density at radius 1 is 1.30 bits per heavy atom. The van der Waals surface area contributed by atoms with Crippen LogP contribution < -0.4 is 0 Å². The number of hydrogen-bond acceptors (Lipinski definition) is 2. The van der Waals surface area contributed by atoms with E-state index in [-0.39, 0.29) is 0 Å². The molecular weight excluding hydrogens is 142 g/mol. The van der Waals surface area contributed by atoms with Crippen LogP contribution in [0.2, 0.25) is 0 Å². The van der Waals surface area contributed by atoms with E-state index in [1.165, 1.54) is 6.54 Å². The fourth-order valence-electron chi connectivity index (χ4n) is 0.691. The van der Waals surface area contributed by atoms with Crippen molar-refractivity contribution in [1.82, 2.24) is 4.90 Å². The van der Waals surface area contributed by atoms with Crippen molar-refractivity contribution >= 4 is 11.8 Å². The molecule has 0 amide bonds. The van der Waals surface area contributed by atoms with Crippen molar-refractivity contribution in [3.05, 3.63) is 0 Å². The molecule has 10 heavy (non-hydrogen) atoms. The number of rotatable bonds is 4. The third-order valence-electron chi connectivity index (χ3n) is 1.83. The predicted octanol–water partition coefficient (Wildman–Crippen LogP) is 2.08. The Hall–Kier alpha value is 0.310. The van der Waals surface area contributed by atoms with E-state index in [4.69, 9.17) is 0 Å². The molecule has 0 fully saturated rings. The van der Waals surface area contributed by atoms with Crippen LogP contribution in [0.25, 0.3) is 0 Å². The summed E-state index contributed by atoms with van der Waals surface area (Å²) in [7, 11) is 2.18. The smallest absolute Gasteiger partial charge is 0.0143 e. The van der Waals surface area contributed by atoms with Crippen LogP contribution in [0.4, 0.5) is 0 Å². The lowest BCUT2D eigenvalue weighted by Crippen LogP contribution is -2.31. The van der Waals surface area contributed by atoms with Gasteiger partial charge in [0.15, 0.2) is 0 Å². The SMILES string of the molecule is CSC(C)CN(C)C(C)C. The fraction of sp³-hybridized carbons (Fsp3) is 1.00. The van der Waals surface area contributed by atoms with Crippen molar-refractivity contribution in [3.63, 3.8) is 0 Å². The van der Waals surface area contributed by atoms with Gasteiger partial charge in [0, 0.05) is 17.8 Å². The maximum absolute atomic E-state index is 2.38. The molecule has 0 radical (unpaired) electrons. The van der Waals surface area contributed by atoms with Gasteiger partial charge < -0.3 is 4.90 Å². The number of hydrogen-bond donors (Lipinski definition) is 0. The Morgan fingerprint density at radius 2 is 1.80 bits per heavy atom. The Balaban J connectivity index is 3.46. The third-order valence-corrected chi connectivity index (χ3v) is 2.78. The predicted molar refractivity (Wildman–Crippen MR) is 50.7 cm³/mol. The Kier molecular flexibility index (Phi) is 5.18. The lowest BCUT2D eigenvalue weighted by molar-refractivity contribution is 0.278. The molecule has 0 aliphatic carbocycles. The zero-order valence-electron chi connectivity index (χ0n) is 7.72. The molecular formula is C8H19NS. The number of nitrogens with zero attached hydrogens (tertiary/aromatic N) is 1. The van der Waals surface area contributed by atoms with Crippen molar-refractivity contribution in [2.45, 2.75) is 32.1 Å². The molecule has 0 bridgehead atoms. The van der Waals surface area contributed by atoms with Gasteiger partial charge in [-0.3, -0.25) is 0 Å². The molecule has 0 heterocycles. The van der Waals surface area contributed by atoms with Gasteiger partial charge in [-0.15, -0.1) is 0 Å². The van der Waals surface area contributed by atoms with Gasteiger partial charge in [-0.05, 0) is 27.2 Å². The largest absolute Gasteiger partial charge is 0.303 e. The van der Waals surface area contributed by atoms with Crippen LogP contribution in [0.15, 0.2) is 0 Å². The lowest BCUT2D eigenvalue weighted by atomic mass is 10.3. The highest BCUT2D eigenvalue weighted by molar-refractivity contribution is 7.99. The van der Waals surface area contributed by atoms with E-state index in [0.29, 0.717) is 6.04 Å².